The Morgan fingerprint density at radius 1 is 1.18 bits per heavy atom. The van der Waals surface area contributed by atoms with Crippen LogP contribution in [0.25, 0.3) is 10.8 Å². The van der Waals surface area contributed by atoms with Gasteiger partial charge >= 0.3 is 0 Å². The van der Waals surface area contributed by atoms with Gasteiger partial charge in [-0.25, -0.2) is 4.68 Å². The third-order valence-electron chi connectivity index (χ3n) is 3.84. The Hall–Kier alpha value is -2.69. The van der Waals surface area contributed by atoms with E-state index in [1.54, 1.807) is 10.9 Å². The lowest BCUT2D eigenvalue weighted by atomic mass is 10.1. The molecule has 2 aromatic carbocycles. The van der Waals surface area contributed by atoms with Crippen LogP contribution in [0, 0.1) is 0 Å². The van der Waals surface area contributed by atoms with E-state index in [0.29, 0.717) is 18.3 Å². The van der Waals surface area contributed by atoms with E-state index >= 15 is 0 Å². The van der Waals surface area contributed by atoms with E-state index in [9.17, 15) is 4.79 Å². The van der Waals surface area contributed by atoms with Crippen LogP contribution in [0.1, 0.15) is 28.9 Å². The molecule has 1 aromatic heterocycles. The van der Waals surface area contributed by atoms with Crippen molar-refractivity contribution in [2.24, 2.45) is 0 Å². The van der Waals surface area contributed by atoms with Crippen LogP contribution in [0.3, 0.4) is 0 Å². The van der Waals surface area contributed by atoms with Gasteiger partial charge in [-0.1, -0.05) is 41.6 Å². The first-order valence-electron chi connectivity index (χ1n) is 7.46. The zero-order valence-corrected chi connectivity index (χ0v) is 12.1. The number of aromatic nitrogens is 3. The average Bonchev–Trinajstić information content (AvgIpc) is 3.22. The van der Waals surface area contributed by atoms with E-state index in [1.807, 2.05) is 12.1 Å². The minimum absolute atomic E-state index is 0.132. The Morgan fingerprint density at radius 2 is 2.00 bits per heavy atom. The maximum atomic E-state index is 11.9. The van der Waals surface area contributed by atoms with Crippen molar-refractivity contribution < 1.29 is 4.79 Å². The maximum Gasteiger partial charge on any atom is 0.273 e. The second-order valence-corrected chi connectivity index (χ2v) is 5.73. The summed E-state index contributed by atoms with van der Waals surface area (Å²) < 4.78 is 1.70. The summed E-state index contributed by atoms with van der Waals surface area (Å²) in [4.78, 5) is 11.9. The number of hydrogen-bond donors (Lipinski definition) is 1. The van der Waals surface area contributed by atoms with E-state index in [0.717, 1.165) is 18.4 Å². The van der Waals surface area contributed by atoms with Gasteiger partial charge in [0.2, 0.25) is 0 Å². The fourth-order valence-corrected chi connectivity index (χ4v) is 2.49. The highest BCUT2D eigenvalue weighted by Gasteiger charge is 2.24. The van der Waals surface area contributed by atoms with Gasteiger partial charge in [0, 0.05) is 6.04 Å². The molecule has 0 saturated heterocycles. The van der Waals surface area contributed by atoms with Gasteiger partial charge < -0.3 is 5.32 Å². The molecule has 0 unspecified atom stereocenters. The Kier molecular flexibility index (Phi) is 3.11. The molecule has 5 heteroatoms. The van der Waals surface area contributed by atoms with E-state index in [1.165, 1.54) is 10.8 Å². The van der Waals surface area contributed by atoms with Crippen LogP contribution in [0.5, 0.6) is 0 Å². The third kappa shape index (κ3) is 2.70. The van der Waals surface area contributed by atoms with Gasteiger partial charge in [0.05, 0.1) is 12.7 Å². The lowest BCUT2D eigenvalue weighted by Gasteiger charge is -2.03. The molecule has 0 bridgehead atoms. The van der Waals surface area contributed by atoms with Crippen LogP contribution < -0.4 is 5.32 Å². The number of nitrogens with one attached hydrogen (secondary N) is 1. The Labute approximate surface area is 127 Å². The Bertz CT molecular complexity index is 835. The molecule has 1 fully saturated rings. The van der Waals surface area contributed by atoms with Crippen LogP contribution in [0.4, 0.5) is 0 Å². The van der Waals surface area contributed by atoms with Gasteiger partial charge in [-0.3, -0.25) is 4.79 Å². The number of benzene rings is 2. The van der Waals surface area contributed by atoms with E-state index in [-0.39, 0.29) is 5.91 Å². The van der Waals surface area contributed by atoms with Crippen LogP contribution in [0.15, 0.2) is 48.7 Å². The third-order valence-corrected chi connectivity index (χ3v) is 3.84. The number of carbonyl (C=O) groups excluding carboxylic acids is 1. The standard InChI is InChI=1S/C17H16N4O/c22-17(18-15-7-8-15)16-11-21(20-19-16)10-12-5-6-13-3-1-2-4-14(13)9-12/h1-6,9,11,15H,7-8,10H2,(H,18,22). The first kappa shape index (κ1) is 13.0. The van der Waals surface area contributed by atoms with Crippen molar-refractivity contribution >= 4 is 16.7 Å². The molecule has 1 saturated carbocycles. The fourth-order valence-electron chi connectivity index (χ4n) is 2.49. The average molecular weight is 292 g/mol. The van der Waals surface area contributed by atoms with Gasteiger partial charge in [0.25, 0.3) is 5.91 Å². The zero-order chi connectivity index (χ0) is 14.9. The molecule has 22 heavy (non-hydrogen) atoms. The molecule has 1 heterocycles. The second-order valence-electron chi connectivity index (χ2n) is 5.73. The molecule has 1 amide bonds. The summed E-state index contributed by atoms with van der Waals surface area (Å²) >= 11 is 0. The summed E-state index contributed by atoms with van der Waals surface area (Å²) in [5.74, 6) is -0.132. The lowest BCUT2D eigenvalue weighted by Crippen LogP contribution is -2.25. The van der Waals surface area contributed by atoms with Gasteiger partial charge in [0.15, 0.2) is 5.69 Å². The summed E-state index contributed by atoms with van der Waals surface area (Å²) in [6.45, 7) is 0.606. The number of carbonyl (C=O) groups is 1. The van der Waals surface area contributed by atoms with Crippen LogP contribution >= 0.6 is 0 Å². The molecule has 1 N–H and O–H groups in total. The van der Waals surface area contributed by atoms with E-state index < -0.39 is 0 Å². The monoisotopic (exact) mass is 292 g/mol. The number of hydrogen-bond acceptors (Lipinski definition) is 3. The van der Waals surface area contributed by atoms with Crippen molar-refractivity contribution in [3.63, 3.8) is 0 Å². The molecular weight excluding hydrogens is 276 g/mol. The van der Waals surface area contributed by atoms with E-state index in [2.05, 4.69) is 46.0 Å². The number of amides is 1. The van der Waals surface area contributed by atoms with Crippen molar-refractivity contribution in [2.75, 3.05) is 0 Å². The zero-order valence-electron chi connectivity index (χ0n) is 12.1. The summed E-state index contributed by atoms with van der Waals surface area (Å²) in [7, 11) is 0. The summed E-state index contributed by atoms with van der Waals surface area (Å²) in [5.41, 5.74) is 1.52. The predicted octanol–water partition coefficient (Wildman–Crippen LogP) is 2.37. The molecule has 0 aliphatic heterocycles. The molecule has 0 spiro atoms. The quantitative estimate of drug-likeness (QED) is 0.803. The summed E-state index contributed by atoms with van der Waals surface area (Å²) in [6, 6.07) is 14.9. The Balaban J connectivity index is 1.52. The van der Waals surface area contributed by atoms with Crippen LogP contribution in [-0.4, -0.2) is 26.9 Å². The van der Waals surface area contributed by atoms with Gasteiger partial charge in [0.1, 0.15) is 0 Å². The van der Waals surface area contributed by atoms with Crippen molar-refractivity contribution in [1.82, 2.24) is 20.3 Å². The van der Waals surface area contributed by atoms with Gasteiger partial charge in [-0.2, -0.15) is 0 Å². The lowest BCUT2D eigenvalue weighted by molar-refractivity contribution is 0.0946. The van der Waals surface area contributed by atoms with Crippen LogP contribution in [0.2, 0.25) is 0 Å². The SMILES string of the molecule is O=C(NC1CC1)c1cn(Cc2ccc3ccccc3c2)nn1. The molecule has 1 aliphatic rings. The topological polar surface area (TPSA) is 59.8 Å². The summed E-state index contributed by atoms with van der Waals surface area (Å²) in [6.07, 6.45) is 3.83. The minimum Gasteiger partial charge on any atom is -0.348 e. The molecular formula is C17H16N4O. The van der Waals surface area contributed by atoms with Crippen LogP contribution in [-0.2, 0) is 6.54 Å². The number of nitrogens with zero attached hydrogens (tertiary/aromatic N) is 3. The highest BCUT2D eigenvalue weighted by molar-refractivity contribution is 5.92. The maximum absolute atomic E-state index is 11.9. The largest absolute Gasteiger partial charge is 0.348 e. The normalized spacial score (nSPS) is 14.2. The number of rotatable bonds is 4. The first-order chi connectivity index (χ1) is 10.8. The molecule has 0 radical (unpaired) electrons. The second kappa shape index (κ2) is 5.26. The van der Waals surface area contributed by atoms with Crippen molar-refractivity contribution in [2.45, 2.75) is 25.4 Å². The molecule has 3 aromatic rings. The highest BCUT2D eigenvalue weighted by atomic mass is 16.2. The van der Waals surface area contributed by atoms with E-state index in [4.69, 9.17) is 0 Å². The predicted molar refractivity (Wildman–Crippen MR) is 83.6 cm³/mol. The fraction of sp³-hybridized carbons (Fsp3) is 0.235. The molecule has 110 valence electrons. The molecule has 0 atom stereocenters. The van der Waals surface area contributed by atoms with Crippen molar-refractivity contribution in [1.29, 1.82) is 0 Å². The van der Waals surface area contributed by atoms with Gasteiger partial charge in [-0.15, -0.1) is 5.10 Å². The Morgan fingerprint density at radius 3 is 2.82 bits per heavy atom. The molecule has 4 rings (SSSR count). The first-order valence-corrected chi connectivity index (χ1v) is 7.46. The van der Waals surface area contributed by atoms with Crippen molar-refractivity contribution in [3.05, 3.63) is 59.9 Å². The number of fused-ring (bicyclic) bond motifs is 1. The molecule has 1 aliphatic carbocycles. The smallest absolute Gasteiger partial charge is 0.273 e. The minimum atomic E-state index is -0.132. The molecule has 5 nitrogen and oxygen atoms in total. The highest BCUT2D eigenvalue weighted by Crippen LogP contribution is 2.19. The summed E-state index contributed by atoms with van der Waals surface area (Å²) in [5, 5.41) is 13.3. The van der Waals surface area contributed by atoms with Crippen molar-refractivity contribution in [3.8, 4) is 0 Å². The van der Waals surface area contributed by atoms with Gasteiger partial charge in [-0.05, 0) is 35.2 Å².